The molecule has 1 fully saturated rings. The summed E-state index contributed by atoms with van der Waals surface area (Å²) in [6.45, 7) is 4.54. The zero-order chi connectivity index (χ0) is 9.36. The van der Waals surface area contributed by atoms with Crippen LogP contribution >= 0.6 is 0 Å². The normalized spacial score (nSPS) is 16.3. The van der Waals surface area contributed by atoms with Gasteiger partial charge in [-0.25, -0.2) is 0 Å². The van der Waals surface area contributed by atoms with Gasteiger partial charge in [-0.1, -0.05) is 18.0 Å². The van der Waals surface area contributed by atoms with Gasteiger partial charge < -0.3 is 4.90 Å². The van der Waals surface area contributed by atoms with Gasteiger partial charge in [0.1, 0.15) is 0 Å². The molecular weight excluding hydrogens is 164 g/mol. The van der Waals surface area contributed by atoms with Gasteiger partial charge >= 0.3 is 0 Å². The molecule has 0 N–H and O–H groups in total. The van der Waals surface area contributed by atoms with Crippen LogP contribution in [0.4, 0.5) is 0 Å². The minimum absolute atomic E-state index is 0.667. The van der Waals surface area contributed by atoms with E-state index in [2.05, 4.69) is 14.9 Å². The maximum atomic E-state index is 8.03. The molecule has 0 radical (unpaired) electrons. The number of rotatable bonds is 7. The van der Waals surface area contributed by atoms with Crippen LogP contribution in [-0.4, -0.2) is 31.1 Å². The molecule has 0 atom stereocenters. The Balaban J connectivity index is 1.75. The SMILES string of the molecule is [N-]=[N+]=NCCCCCCN1CCC1. The van der Waals surface area contributed by atoms with Crippen LogP contribution in [0.5, 0.6) is 0 Å². The van der Waals surface area contributed by atoms with Crippen LogP contribution in [0.1, 0.15) is 32.1 Å². The number of nitrogens with zero attached hydrogens (tertiary/aromatic N) is 4. The highest BCUT2D eigenvalue weighted by molar-refractivity contribution is 4.67. The van der Waals surface area contributed by atoms with Gasteiger partial charge in [0.25, 0.3) is 0 Å². The van der Waals surface area contributed by atoms with Gasteiger partial charge in [-0.2, -0.15) is 0 Å². The van der Waals surface area contributed by atoms with E-state index in [1.165, 1.54) is 45.3 Å². The highest BCUT2D eigenvalue weighted by atomic mass is 15.2. The molecule has 4 heteroatoms. The molecule has 1 heterocycles. The summed E-state index contributed by atoms with van der Waals surface area (Å²) >= 11 is 0. The molecule has 0 saturated carbocycles. The monoisotopic (exact) mass is 182 g/mol. The van der Waals surface area contributed by atoms with Crippen LogP contribution in [0.15, 0.2) is 5.11 Å². The predicted octanol–water partition coefficient (Wildman–Crippen LogP) is 2.56. The lowest BCUT2D eigenvalue weighted by Crippen LogP contribution is -2.37. The van der Waals surface area contributed by atoms with Crippen molar-refractivity contribution in [3.8, 4) is 0 Å². The lowest BCUT2D eigenvalue weighted by atomic mass is 10.1. The summed E-state index contributed by atoms with van der Waals surface area (Å²) < 4.78 is 0. The second kappa shape index (κ2) is 6.75. The number of unbranched alkanes of at least 4 members (excludes halogenated alkanes) is 3. The Morgan fingerprint density at radius 1 is 1.15 bits per heavy atom. The third-order valence-corrected chi connectivity index (χ3v) is 2.49. The van der Waals surface area contributed by atoms with E-state index < -0.39 is 0 Å². The van der Waals surface area contributed by atoms with Crippen molar-refractivity contribution in [2.75, 3.05) is 26.2 Å². The van der Waals surface area contributed by atoms with E-state index in [0.29, 0.717) is 6.54 Å². The topological polar surface area (TPSA) is 52.0 Å². The molecule has 0 amide bonds. The van der Waals surface area contributed by atoms with Crippen molar-refractivity contribution in [2.24, 2.45) is 5.11 Å². The standard InChI is InChI=1S/C9H18N4/c10-12-11-6-3-1-2-4-7-13-8-5-9-13/h1-9H2. The minimum Gasteiger partial charge on any atom is -0.303 e. The molecule has 0 aromatic carbocycles. The van der Waals surface area contributed by atoms with E-state index in [9.17, 15) is 0 Å². The molecule has 74 valence electrons. The Labute approximate surface area is 79.5 Å². The average Bonchev–Trinajstić information content (AvgIpc) is 2.07. The molecular formula is C9H18N4. The van der Waals surface area contributed by atoms with Crippen LogP contribution in [0.3, 0.4) is 0 Å². The molecule has 0 bridgehead atoms. The molecule has 4 nitrogen and oxygen atoms in total. The first kappa shape index (κ1) is 10.4. The van der Waals surface area contributed by atoms with Gasteiger partial charge in [-0.05, 0) is 44.4 Å². The van der Waals surface area contributed by atoms with Gasteiger partial charge in [0.05, 0.1) is 0 Å². The largest absolute Gasteiger partial charge is 0.303 e. The van der Waals surface area contributed by atoms with E-state index in [0.717, 1.165) is 6.42 Å². The lowest BCUT2D eigenvalue weighted by molar-refractivity contribution is 0.177. The van der Waals surface area contributed by atoms with E-state index in [-0.39, 0.29) is 0 Å². The Kier molecular flexibility index (Phi) is 5.38. The van der Waals surface area contributed by atoms with Crippen molar-refractivity contribution in [1.82, 2.24) is 4.90 Å². The van der Waals surface area contributed by atoms with Crippen LogP contribution in [0, 0.1) is 0 Å². The summed E-state index contributed by atoms with van der Waals surface area (Å²) in [7, 11) is 0. The fraction of sp³-hybridized carbons (Fsp3) is 1.00. The number of azide groups is 1. The van der Waals surface area contributed by atoms with Crippen molar-refractivity contribution < 1.29 is 0 Å². The fourth-order valence-electron chi connectivity index (χ4n) is 1.52. The summed E-state index contributed by atoms with van der Waals surface area (Å²) in [5.74, 6) is 0. The molecule has 0 spiro atoms. The van der Waals surface area contributed by atoms with E-state index in [4.69, 9.17) is 5.53 Å². The zero-order valence-corrected chi connectivity index (χ0v) is 8.15. The molecule has 1 rings (SSSR count). The fourth-order valence-corrected chi connectivity index (χ4v) is 1.52. The molecule has 1 saturated heterocycles. The Bertz CT molecular complexity index is 170. The predicted molar refractivity (Wildman–Crippen MR) is 53.5 cm³/mol. The summed E-state index contributed by atoms with van der Waals surface area (Å²) in [5, 5.41) is 3.50. The second-order valence-electron chi connectivity index (χ2n) is 3.56. The highest BCUT2D eigenvalue weighted by Gasteiger charge is 2.11. The van der Waals surface area contributed by atoms with Crippen molar-refractivity contribution in [3.63, 3.8) is 0 Å². The van der Waals surface area contributed by atoms with Crippen LogP contribution in [-0.2, 0) is 0 Å². The van der Waals surface area contributed by atoms with Gasteiger partial charge in [-0.15, -0.1) is 0 Å². The highest BCUT2D eigenvalue weighted by Crippen LogP contribution is 2.08. The smallest absolute Gasteiger partial charge is 0.0257 e. The number of hydrogen-bond acceptors (Lipinski definition) is 2. The Hall–Kier alpha value is -0.730. The molecule has 0 aliphatic carbocycles. The molecule has 0 unspecified atom stereocenters. The summed E-state index contributed by atoms with van der Waals surface area (Å²) in [4.78, 5) is 5.21. The minimum atomic E-state index is 0.667. The zero-order valence-electron chi connectivity index (χ0n) is 8.15. The third kappa shape index (κ3) is 4.76. The average molecular weight is 182 g/mol. The first-order valence-electron chi connectivity index (χ1n) is 5.16. The van der Waals surface area contributed by atoms with E-state index >= 15 is 0 Å². The summed E-state index contributed by atoms with van der Waals surface area (Å²) in [6.07, 6.45) is 6.21. The molecule has 1 aliphatic heterocycles. The molecule has 0 aromatic heterocycles. The van der Waals surface area contributed by atoms with Crippen molar-refractivity contribution in [1.29, 1.82) is 0 Å². The molecule has 13 heavy (non-hydrogen) atoms. The van der Waals surface area contributed by atoms with Crippen LogP contribution in [0.25, 0.3) is 10.4 Å². The van der Waals surface area contributed by atoms with Gasteiger partial charge in [0.2, 0.25) is 0 Å². The van der Waals surface area contributed by atoms with Gasteiger partial charge in [-0.3, -0.25) is 0 Å². The third-order valence-electron chi connectivity index (χ3n) is 2.49. The van der Waals surface area contributed by atoms with Crippen molar-refractivity contribution in [2.45, 2.75) is 32.1 Å². The Morgan fingerprint density at radius 3 is 2.54 bits per heavy atom. The maximum absolute atomic E-state index is 8.03. The summed E-state index contributed by atoms with van der Waals surface area (Å²) in [6, 6.07) is 0. The van der Waals surface area contributed by atoms with E-state index in [1.807, 2.05) is 0 Å². The second-order valence-corrected chi connectivity index (χ2v) is 3.56. The van der Waals surface area contributed by atoms with Gasteiger partial charge in [0, 0.05) is 11.5 Å². The quantitative estimate of drug-likeness (QED) is 0.258. The molecule has 0 aromatic rings. The van der Waals surface area contributed by atoms with Crippen molar-refractivity contribution in [3.05, 3.63) is 10.4 Å². The molecule has 1 aliphatic rings. The summed E-state index contributed by atoms with van der Waals surface area (Å²) in [5.41, 5.74) is 8.03. The van der Waals surface area contributed by atoms with Crippen LogP contribution < -0.4 is 0 Å². The number of hydrogen-bond donors (Lipinski definition) is 0. The van der Waals surface area contributed by atoms with Gasteiger partial charge in [0.15, 0.2) is 0 Å². The number of likely N-dealkylation sites (tertiary alicyclic amines) is 1. The lowest BCUT2D eigenvalue weighted by Gasteiger charge is -2.30. The van der Waals surface area contributed by atoms with Crippen LogP contribution in [0.2, 0.25) is 0 Å². The maximum Gasteiger partial charge on any atom is 0.0257 e. The Morgan fingerprint density at radius 2 is 1.92 bits per heavy atom. The van der Waals surface area contributed by atoms with E-state index in [1.54, 1.807) is 0 Å². The first-order valence-corrected chi connectivity index (χ1v) is 5.16. The van der Waals surface area contributed by atoms with Crippen molar-refractivity contribution >= 4 is 0 Å². The first-order chi connectivity index (χ1) is 6.43.